The van der Waals surface area contributed by atoms with Gasteiger partial charge in [-0.25, -0.2) is 0 Å². The third-order valence-corrected chi connectivity index (χ3v) is 6.92. The summed E-state index contributed by atoms with van der Waals surface area (Å²) in [5, 5.41) is 19.2. The van der Waals surface area contributed by atoms with Gasteiger partial charge in [0.05, 0.1) is 7.11 Å². The van der Waals surface area contributed by atoms with Crippen LogP contribution in [0.2, 0.25) is 0 Å². The topological polar surface area (TPSA) is 76.0 Å². The van der Waals surface area contributed by atoms with Crippen molar-refractivity contribution in [3.63, 3.8) is 0 Å². The second kappa shape index (κ2) is 8.37. The van der Waals surface area contributed by atoms with Gasteiger partial charge in [-0.2, -0.15) is 0 Å². The molecule has 160 valence electrons. The highest BCUT2D eigenvalue weighted by Crippen LogP contribution is 2.47. The molecule has 30 heavy (non-hydrogen) atoms. The number of hydrogen-bond acceptors (Lipinski definition) is 5. The number of rotatable bonds is 6. The van der Waals surface area contributed by atoms with Crippen LogP contribution in [0.15, 0.2) is 28.7 Å². The van der Waals surface area contributed by atoms with Gasteiger partial charge in [0.2, 0.25) is 0 Å². The molecule has 0 unspecified atom stereocenters. The van der Waals surface area contributed by atoms with Gasteiger partial charge in [-0.05, 0) is 58.5 Å². The van der Waals surface area contributed by atoms with Crippen LogP contribution in [0.25, 0.3) is 0 Å². The van der Waals surface area contributed by atoms with E-state index in [-0.39, 0.29) is 28.5 Å². The van der Waals surface area contributed by atoms with Crippen molar-refractivity contribution < 1.29 is 24.3 Å². The third kappa shape index (κ3) is 4.29. The summed E-state index contributed by atoms with van der Waals surface area (Å²) in [4.78, 5) is 11.3. The lowest BCUT2D eigenvalue weighted by Gasteiger charge is -2.42. The number of aldehydes is 1. The largest absolute Gasteiger partial charge is 0.493 e. The van der Waals surface area contributed by atoms with Gasteiger partial charge < -0.3 is 19.5 Å². The fourth-order valence-electron chi connectivity index (χ4n) is 4.09. The van der Waals surface area contributed by atoms with Crippen molar-refractivity contribution in [2.24, 2.45) is 0 Å². The van der Waals surface area contributed by atoms with Crippen molar-refractivity contribution in [2.75, 3.05) is 7.11 Å². The first kappa shape index (κ1) is 22.9. The highest BCUT2D eigenvalue weighted by molar-refractivity contribution is 9.10. The number of halogens is 1. The second-order valence-corrected chi connectivity index (χ2v) is 10.0. The molecule has 0 aliphatic heterocycles. The number of carbonyl (C=O) groups is 1. The Morgan fingerprint density at radius 3 is 2.17 bits per heavy atom. The van der Waals surface area contributed by atoms with Crippen LogP contribution in [0, 0.1) is 0 Å². The Hall–Kier alpha value is -1.83. The van der Waals surface area contributed by atoms with Crippen molar-refractivity contribution in [1.29, 1.82) is 0 Å². The molecule has 1 aliphatic rings. The predicted molar refractivity (Wildman–Crippen MR) is 122 cm³/mol. The molecule has 2 aromatic carbocycles. The van der Waals surface area contributed by atoms with Crippen LogP contribution < -0.4 is 14.9 Å². The van der Waals surface area contributed by atoms with Crippen LogP contribution in [0.5, 0.6) is 11.5 Å². The van der Waals surface area contributed by atoms with Crippen LogP contribution in [0.4, 0.5) is 0 Å². The van der Waals surface area contributed by atoms with E-state index in [0.29, 0.717) is 17.8 Å². The Labute approximate surface area is 186 Å². The third-order valence-electron chi connectivity index (χ3n) is 6.18. The molecule has 0 bridgehead atoms. The molecule has 2 N–H and O–H groups in total. The van der Waals surface area contributed by atoms with Gasteiger partial charge in [-0.1, -0.05) is 49.7 Å². The van der Waals surface area contributed by atoms with E-state index in [1.807, 2.05) is 0 Å². The van der Waals surface area contributed by atoms with Crippen LogP contribution in [0.3, 0.4) is 0 Å². The molecular weight excluding hydrogens is 447 g/mol. The van der Waals surface area contributed by atoms with Gasteiger partial charge in [-0.15, -0.1) is 0 Å². The van der Waals surface area contributed by atoms with Crippen molar-refractivity contribution >= 4 is 34.8 Å². The van der Waals surface area contributed by atoms with Gasteiger partial charge in [-0.3, -0.25) is 4.79 Å². The number of fused-ring (bicyclic) bond motifs is 1. The van der Waals surface area contributed by atoms with Crippen LogP contribution in [-0.4, -0.2) is 30.6 Å². The molecular formula is C23H28BBrO5. The van der Waals surface area contributed by atoms with E-state index in [9.17, 15) is 14.8 Å². The van der Waals surface area contributed by atoms with Crippen molar-refractivity contribution in [3.05, 3.63) is 51.0 Å². The first-order valence-electron chi connectivity index (χ1n) is 9.99. The van der Waals surface area contributed by atoms with Gasteiger partial charge >= 0.3 is 7.12 Å². The average molecular weight is 475 g/mol. The molecule has 0 amide bonds. The average Bonchev–Trinajstić information content (AvgIpc) is 2.69. The van der Waals surface area contributed by atoms with E-state index in [1.165, 1.54) is 30.4 Å². The highest BCUT2D eigenvalue weighted by atomic mass is 79.9. The summed E-state index contributed by atoms with van der Waals surface area (Å²) >= 11 is 3.70. The van der Waals surface area contributed by atoms with Crippen molar-refractivity contribution in [1.82, 2.24) is 0 Å². The fraction of sp³-hybridized carbons (Fsp3) is 0.435. The molecule has 5 nitrogen and oxygen atoms in total. The van der Waals surface area contributed by atoms with E-state index in [4.69, 9.17) is 9.47 Å². The SMILES string of the molecule is COc1cc(C=O)c(B(O)O)cc1OCc1cc2c(cc1Br)C(C)(C)CCC2(C)C. The Kier molecular flexibility index (Phi) is 6.37. The molecule has 7 heteroatoms. The van der Waals surface area contributed by atoms with E-state index in [0.717, 1.165) is 22.9 Å². The Bertz CT molecular complexity index is 969. The zero-order valence-corrected chi connectivity index (χ0v) is 19.7. The van der Waals surface area contributed by atoms with Crippen LogP contribution in [0.1, 0.15) is 67.6 Å². The van der Waals surface area contributed by atoms with E-state index in [1.54, 1.807) is 0 Å². The maximum Gasteiger partial charge on any atom is 0.489 e. The second-order valence-electron chi connectivity index (χ2n) is 9.17. The molecule has 0 aromatic heterocycles. The maximum absolute atomic E-state index is 11.3. The van der Waals surface area contributed by atoms with E-state index in [2.05, 4.69) is 55.8 Å². The van der Waals surface area contributed by atoms with Gasteiger partial charge in [0, 0.05) is 15.6 Å². The van der Waals surface area contributed by atoms with Crippen LogP contribution >= 0.6 is 15.9 Å². The molecule has 0 saturated carbocycles. The molecule has 0 saturated heterocycles. The molecule has 0 atom stereocenters. The van der Waals surface area contributed by atoms with Gasteiger partial charge in [0.15, 0.2) is 11.5 Å². The monoisotopic (exact) mass is 474 g/mol. The lowest BCUT2D eigenvalue weighted by atomic mass is 9.63. The Morgan fingerprint density at radius 1 is 1.03 bits per heavy atom. The maximum atomic E-state index is 11.3. The summed E-state index contributed by atoms with van der Waals surface area (Å²) in [5.74, 6) is 0.701. The fourth-order valence-corrected chi connectivity index (χ4v) is 4.55. The molecule has 0 fully saturated rings. The van der Waals surface area contributed by atoms with Gasteiger partial charge in [0.25, 0.3) is 0 Å². The lowest BCUT2D eigenvalue weighted by Crippen LogP contribution is -2.34. The summed E-state index contributed by atoms with van der Waals surface area (Å²) < 4.78 is 12.3. The Morgan fingerprint density at radius 2 is 1.63 bits per heavy atom. The van der Waals surface area contributed by atoms with E-state index < -0.39 is 7.12 Å². The van der Waals surface area contributed by atoms with E-state index >= 15 is 0 Å². The zero-order valence-electron chi connectivity index (χ0n) is 18.1. The number of methoxy groups -OCH3 is 1. The summed E-state index contributed by atoms with van der Waals surface area (Å²) in [7, 11) is -0.303. The normalized spacial score (nSPS) is 16.5. The summed E-state index contributed by atoms with van der Waals surface area (Å²) in [5.41, 5.74) is 4.10. The molecule has 0 spiro atoms. The smallest absolute Gasteiger partial charge is 0.489 e. The minimum absolute atomic E-state index is 0.0770. The predicted octanol–water partition coefficient (Wildman–Crippen LogP) is 3.88. The molecule has 2 aromatic rings. The molecule has 3 rings (SSSR count). The van der Waals surface area contributed by atoms with Crippen molar-refractivity contribution in [2.45, 2.75) is 58.0 Å². The minimum Gasteiger partial charge on any atom is -0.493 e. The Balaban J connectivity index is 1.97. The number of carbonyl (C=O) groups excluding carboxylic acids is 1. The lowest BCUT2D eigenvalue weighted by molar-refractivity contribution is 0.112. The molecule has 1 aliphatic carbocycles. The number of ether oxygens (including phenoxy) is 2. The van der Waals surface area contributed by atoms with Crippen LogP contribution in [-0.2, 0) is 17.4 Å². The number of benzene rings is 2. The summed E-state index contributed by atoms with van der Waals surface area (Å²) in [6.07, 6.45) is 2.82. The van der Waals surface area contributed by atoms with Crippen molar-refractivity contribution in [3.8, 4) is 11.5 Å². The first-order valence-corrected chi connectivity index (χ1v) is 10.8. The summed E-state index contributed by atoms with van der Waals surface area (Å²) in [6, 6.07) is 7.29. The van der Waals surface area contributed by atoms with Gasteiger partial charge in [0.1, 0.15) is 12.9 Å². The standard InChI is InChI=1S/C23H28BBrO5/c1-22(2)6-7-23(3,4)17-10-19(25)15(8-16(17)22)13-30-21-11-18(24(27)28)14(12-26)9-20(21)29-5/h8-12,27-28H,6-7,13H2,1-5H3. The highest BCUT2D eigenvalue weighted by Gasteiger charge is 2.37. The number of hydrogen-bond donors (Lipinski definition) is 2. The first-order chi connectivity index (χ1) is 14.0. The molecule has 0 radical (unpaired) electrons. The summed E-state index contributed by atoms with van der Waals surface area (Å²) in [6.45, 7) is 9.38. The quantitative estimate of drug-likeness (QED) is 0.490. The zero-order chi connectivity index (χ0) is 22.3. The molecule has 0 heterocycles. The minimum atomic E-state index is -1.78.